The largest absolute Gasteiger partial charge is 0.417 e. The summed E-state index contributed by atoms with van der Waals surface area (Å²) in [7, 11) is 0. The molecule has 1 aliphatic carbocycles. The Morgan fingerprint density at radius 1 is 1.06 bits per heavy atom. The average molecular weight is 457 g/mol. The third kappa shape index (κ3) is 5.83. The molecule has 178 valence electrons. The van der Waals surface area contributed by atoms with Crippen LogP contribution in [0.4, 0.5) is 14.6 Å². The van der Waals surface area contributed by atoms with Crippen LogP contribution in [0.25, 0.3) is 16.5 Å². The smallest absolute Gasteiger partial charge is 0.388 e. The van der Waals surface area contributed by atoms with E-state index in [1.165, 1.54) is 6.07 Å². The van der Waals surface area contributed by atoms with Crippen molar-refractivity contribution in [1.82, 2.24) is 15.0 Å². The molecule has 0 bridgehead atoms. The summed E-state index contributed by atoms with van der Waals surface area (Å²) < 4.78 is 29.4. The summed E-state index contributed by atoms with van der Waals surface area (Å²) in [4.78, 5) is 13.2. The molecule has 1 aromatic carbocycles. The number of pyridine rings is 1. The van der Waals surface area contributed by atoms with E-state index >= 15 is 0 Å². The van der Waals surface area contributed by atoms with Crippen LogP contribution in [0.15, 0.2) is 42.7 Å². The molecule has 0 fully saturated rings. The number of fused-ring (bicyclic) bond motifs is 2. The van der Waals surface area contributed by atoms with Crippen molar-refractivity contribution in [2.24, 2.45) is 0 Å². The van der Waals surface area contributed by atoms with Gasteiger partial charge in [-0.3, -0.25) is 0 Å². The fraction of sp³-hybridized carbons (Fsp3) is 0.423. The first-order chi connectivity index (χ1) is 16.1. The highest BCUT2D eigenvalue weighted by atomic mass is 19.3. The zero-order chi connectivity index (χ0) is 23.8. The minimum absolute atomic E-state index is 0. The third-order valence-electron chi connectivity index (χ3n) is 5.51. The van der Waals surface area contributed by atoms with Crippen LogP contribution in [-0.2, 0) is 6.42 Å². The van der Waals surface area contributed by atoms with Crippen LogP contribution in [0, 0.1) is 0 Å². The van der Waals surface area contributed by atoms with Crippen LogP contribution >= 0.6 is 0 Å². The molecule has 0 saturated carbocycles. The number of anilines is 1. The summed E-state index contributed by atoms with van der Waals surface area (Å²) in [5.41, 5.74) is 4.60. The summed E-state index contributed by atoms with van der Waals surface area (Å²) in [5, 5.41) is 4.59. The molecule has 4 rings (SSSR count). The molecule has 0 spiro atoms. The molecule has 0 atom stereocenters. The van der Waals surface area contributed by atoms with Crippen LogP contribution in [0.2, 0.25) is 0 Å². The number of alkyl halides is 2. The number of nitrogens with one attached hydrogen (secondary N) is 1. The molecule has 2 heterocycles. The molecule has 0 aliphatic heterocycles. The first-order valence-corrected chi connectivity index (χ1v) is 11.8. The molecule has 5 nitrogen and oxygen atoms in total. The Hall–Kier alpha value is -3.09. The van der Waals surface area contributed by atoms with Crippen molar-refractivity contribution in [3.63, 3.8) is 0 Å². The quantitative estimate of drug-likeness (QED) is 0.367. The van der Waals surface area contributed by atoms with Crippen LogP contribution in [0.3, 0.4) is 0 Å². The van der Waals surface area contributed by atoms with Crippen LogP contribution in [-0.4, -0.2) is 27.6 Å². The fourth-order valence-corrected chi connectivity index (χ4v) is 4.14. The number of aromatic nitrogens is 3. The lowest BCUT2D eigenvalue weighted by Crippen LogP contribution is -2.20. The van der Waals surface area contributed by atoms with Crippen molar-refractivity contribution >= 4 is 22.3 Å². The molecule has 0 saturated heterocycles. The predicted octanol–water partition coefficient (Wildman–Crippen LogP) is 7.27. The Morgan fingerprint density at radius 3 is 2.52 bits per heavy atom. The van der Waals surface area contributed by atoms with E-state index in [-0.39, 0.29) is 7.31 Å². The molecule has 2 aromatic heterocycles. The van der Waals surface area contributed by atoms with Crippen molar-refractivity contribution in [2.75, 3.05) is 5.32 Å². The van der Waals surface area contributed by atoms with Gasteiger partial charge in [0.05, 0.1) is 11.2 Å². The topological polar surface area (TPSA) is 59.9 Å². The van der Waals surface area contributed by atoms with Crippen molar-refractivity contribution in [2.45, 2.75) is 72.5 Å². The highest BCUT2D eigenvalue weighted by Crippen LogP contribution is 2.35. The van der Waals surface area contributed by atoms with Gasteiger partial charge in [0.25, 0.3) is 0 Å². The minimum Gasteiger partial charge on any atom is -0.417 e. The van der Waals surface area contributed by atoms with Gasteiger partial charge in [-0.05, 0) is 42.2 Å². The fourth-order valence-electron chi connectivity index (χ4n) is 4.14. The molecular weight excluding hydrogens is 422 g/mol. The average Bonchev–Trinajstić information content (AvgIpc) is 3.23. The predicted molar refractivity (Wildman–Crippen MR) is 132 cm³/mol. The van der Waals surface area contributed by atoms with Gasteiger partial charge in [0.1, 0.15) is 12.1 Å². The number of ether oxygens (including phenoxy) is 1. The molecule has 0 radical (unpaired) electrons. The second-order valence-corrected chi connectivity index (χ2v) is 7.72. The van der Waals surface area contributed by atoms with Crippen molar-refractivity contribution < 1.29 is 14.9 Å². The molecular formula is C26H34F2N4O. The van der Waals surface area contributed by atoms with Crippen molar-refractivity contribution in [3.05, 3.63) is 59.6 Å². The monoisotopic (exact) mass is 456 g/mol. The zero-order valence-corrected chi connectivity index (χ0v) is 19.7. The Balaban J connectivity index is 0.00000133. The minimum atomic E-state index is -2.88. The van der Waals surface area contributed by atoms with E-state index in [9.17, 15) is 8.78 Å². The third-order valence-corrected chi connectivity index (χ3v) is 5.51. The first-order valence-electron chi connectivity index (χ1n) is 11.8. The normalized spacial score (nSPS) is 12.4. The summed E-state index contributed by atoms with van der Waals surface area (Å²) >= 11 is 0. The number of hydrogen-bond acceptors (Lipinski definition) is 5. The van der Waals surface area contributed by atoms with Gasteiger partial charge in [0.15, 0.2) is 0 Å². The molecule has 0 unspecified atom stereocenters. The standard InChI is InChI=1S/C24H26F2N4O.C2H6.H2/c1-3-5-16(6-4-2)29-23-19-13-15(7-10-20(19)27-14-28-23)17-8-11-21-18(17)9-12-22(30-21)31-24(25)26;1-2;/h7-10,12-14,16,24H,3-6,11H2,1-2H3,(H,27,28,29);1-2H3;1H. The highest BCUT2D eigenvalue weighted by Gasteiger charge is 2.20. The van der Waals surface area contributed by atoms with Gasteiger partial charge in [0, 0.05) is 30.9 Å². The molecule has 3 aromatic rings. The van der Waals surface area contributed by atoms with E-state index < -0.39 is 6.61 Å². The second-order valence-electron chi connectivity index (χ2n) is 7.72. The molecule has 0 amide bonds. The summed E-state index contributed by atoms with van der Waals surface area (Å²) in [5.74, 6) is 0.788. The van der Waals surface area contributed by atoms with Gasteiger partial charge in [0.2, 0.25) is 5.88 Å². The van der Waals surface area contributed by atoms with Gasteiger partial charge in [-0.25, -0.2) is 15.0 Å². The van der Waals surface area contributed by atoms with E-state index in [0.29, 0.717) is 12.5 Å². The van der Waals surface area contributed by atoms with Gasteiger partial charge in [-0.1, -0.05) is 52.7 Å². The maximum absolute atomic E-state index is 12.5. The molecule has 33 heavy (non-hydrogen) atoms. The Kier molecular flexibility index (Phi) is 8.69. The highest BCUT2D eigenvalue weighted by molar-refractivity contribution is 5.94. The zero-order valence-electron chi connectivity index (χ0n) is 19.7. The van der Waals surface area contributed by atoms with E-state index in [2.05, 4.69) is 51.0 Å². The Morgan fingerprint density at radius 2 is 1.82 bits per heavy atom. The van der Waals surface area contributed by atoms with Crippen molar-refractivity contribution in [1.29, 1.82) is 0 Å². The lowest BCUT2D eigenvalue weighted by atomic mass is 9.99. The molecule has 7 heteroatoms. The number of rotatable bonds is 9. The molecule has 1 aliphatic rings. The maximum atomic E-state index is 12.5. The van der Waals surface area contributed by atoms with Gasteiger partial charge < -0.3 is 10.1 Å². The first kappa shape index (κ1) is 24.6. The van der Waals surface area contributed by atoms with Crippen molar-refractivity contribution in [3.8, 4) is 5.88 Å². The van der Waals surface area contributed by atoms with Crippen LogP contribution in [0.5, 0.6) is 5.88 Å². The number of hydrogen-bond donors (Lipinski definition) is 1. The summed E-state index contributed by atoms with van der Waals surface area (Å²) in [6.45, 7) is 5.50. The lowest BCUT2D eigenvalue weighted by Gasteiger charge is -2.19. The van der Waals surface area contributed by atoms with Gasteiger partial charge in [-0.15, -0.1) is 0 Å². The van der Waals surface area contributed by atoms with Crippen LogP contribution < -0.4 is 10.1 Å². The number of allylic oxidation sites excluding steroid dienone is 1. The van der Waals surface area contributed by atoms with E-state index in [1.54, 1.807) is 12.4 Å². The number of halogens is 2. The number of nitrogens with zero attached hydrogens (tertiary/aromatic N) is 3. The maximum Gasteiger partial charge on any atom is 0.388 e. The van der Waals surface area contributed by atoms with Gasteiger partial charge in [-0.2, -0.15) is 8.78 Å². The summed E-state index contributed by atoms with van der Waals surface area (Å²) in [6, 6.07) is 9.77. The van der Waals surface area contributed by atoms with Gasteiger partial charge >= 0.3 is 6.61 Å². The molecule has 1 N–H and O–H groups in total. The number of benzene rings is 1. The van der Waals surface area contributed by atoms with E-state index in [0.717, 1.165) is 64.8 Å². The lowest BCUT2D eigenvalue weighted by molar-refractivity contribution is -0.0529. The van der Waals surface area contributed by atoms with E-state index in [1.807, 2.05) is 26.0 Å². The summed E-state index contributed by atoms with van der Waals surface area (Å²) in [6.07, 6.45) is 8.64. The SMILES string of the molecule is CC.CCCC(CCC)Nc1ncnc2ccc(C3=CCc4nc(OC(F)F)ccc43)cc12.[HH]. The second kappa shape index (κ2) is 11.7. The van der Waals surface area contributed by atoms with Crippen LogP contribution in [0.1, 0.15) is 71.6 Å². The Labute approximate surface area is 195 Å². The van der Waals surface area contributed by atoms with E-state index in [4.69, 9.17) is 0 Å². The Bertz CT molecular complexity index is 1100.